The van der Waals surface area contributed by atoms with Crippen LogP contribution >= 0.6 is 11.3 Å². The number of primary amides is 1. The second-order valence-corrected chi connectivity index (χ2v) is 8.19. The summed E-state index contributed by atoms with van der Waals surface area (Å²) in [4.78, 5) is 27.2. The smallest absolute Gasteiger partial charge is 0.250 e. The quantitative estimate of drug-likeness (QED) is 0.459. The monoisotopic (exact) mass is 419 g/mol. The van der Waals surface area contributed by atoms with E-state index in [0.717, 1.165) is 36.5 Å². The highest BCUT2D eigenvalue weighted by molar-refractivity contribution is 7.09. The fourth-order valence-corrected chi connectivity index (χ4v) is 4.41. The summed E-state index contributed by atoms with van der Waals surface area (Å²) in [6, 6.07) is 7.62. The lowest BCUT2D eigenvalue weighted by Gasteiger charge is -2.14. The molecule has 4 N–H and O–H groups in total. The molecular weight excluding hydrogens is 398 g/mol. The predicted octanol–water partition coefficient (Wildman–Crippen LogP) is 2.60. The van der Waals surface area contributed by atoms with Gasteiger partial charge in [-0.1, -0.05) is 6.07 Å². The summed E-state index contributed by atoms with van der Waals surface area (Å²) in [6.45, 7) is 2.35. The fraction of sp³-hybridized carbons (Fsp3) is 0.238. The third-order valence-electron chi connectivity index (χ3n) is 5.21. The van der Waals surface area contributed by atoms with Gasteiger partial charge in [0, 0.05) is 23.2 Å². The Labute approximate surface area is 177 Å². The summed E-state index contributed by atoms with van der Waals surface area (Å²) in [6.07, 6.45) is 5.44. The Morgan fingerprint density at radius 2 is 2.23 bits per heavy atom. The van der Waals surface area contributed by atoms with Crippen molar-refractivity contribution in [2.24, 2.45) is 5.73 Å². The molecule has 1 aliphatic heterocycles. The summed E-state index contributed by atoms with van der Waals surface area (Å²) >= 11 is 1.71. The lowest BCUT2D eigenvalue weighted by Crippen LogP contribution is -2.15. The first-order valence-corrected chi connectivity index (χ1v) is 10.7. The van der Waals surface area contributed by atoms with E-state index in [0.29, 0.717) is 35.8 Å². The van der Waals surface area contributed by atoms with E-state index in [1.165, 1.54) is 4.88 Å². The van der Waals surface area contributed by atoms with Crippen molar-refractivity contribution in [3.63, 3.8) is 0 Å². The van der Waals surface area contributed by atoms with Crippen LogP contribution < -0.4 is 16.4 Å². The molecule has 30 heavy (non-hydrogen) atoms. The van der Waals surface area contributed by atoms with E-state index in [1.54, 1.807) is 29.7 Å². The minimum atomic E-state index is -0.489. The number of anilines is 1. The fourth-order valence-electron chi connectivity index (χ4n) is 3.76. The first-order chi connectivity index (χ1) is 14.7. The normalized spacial score (nSPS) is 13.7. The number of hydrogen-bond acceptors (Lipinski definition) is 7. The lowest BCUT2D eigenvalue weighted by atomic mass is 10.1. The van der Waals surface area contributed by atoms with Crippen molar-refractivity contribution in [1.82, 2.24) is 24.7 Å². The van der Waals surface area contributed by atoms with Crippen LogP contribution in [-0.2, 0) is 19.5 Å². The summed E-state index contributed by atoms with van der Waals surface area (Å²) in [5.74, 6) is 1.46. The van der Waals surface area contributed by atoms with Crippen LogP contribution in [0.5, 0.6) is 0 Å². The molecule has 0 bridgehead atoms. The zero-order valence-electron chi connectivity index (χ0n) is 16.3. The van der Waals surface area contributed by atoms with Gasteiger partial charge in [0.15, 0.2) is 11.6 Å². The van der Waals surface area contributed by atoms with Crippen molar-refractivity contribution in [2.45, 2.75) is 25.9 Å². The number of amides is 1. The molecule has 0 radical (unpaired) electrons. The standard InChI is InChI=1S/C21H21N7OS/c22-18(29)15-6-2-8-28-17(15)12-25-21(28)20-26-16-11-23-7-1-5-14(16)19(27-20)24-10-13-4-3-9-30-13/h2-4,6,8-9,12,23H,1,5,7,10-11H2,(H2,22,29)(H,24,26,27). The van der Waals surface area contributed by atoms with Crippen LogP contribution in [-0.4, -0.2) is 31.8 Å². The van der Waals surface area contributed by atoms with Gasteiger partial charge in [0.25, 0.3) is 5.91 Å². The number of pyridine rings is 1. The van der Waals surface area contributed by atoms with Gasteiger partial charge in [-0.15, -0.1) is 11.3 Å². The van der Waals surface area contributed by atoms with Crippen molar-refractivity contribution in [2.75, 3.05) is 11.9 Å². The molecule has 9 heteroatoms. The average Bonchev–Trinajstić information content (AvgIpc) is 3.36. The minimum absolute atomic E-state index is 0.420. The summed E-state index contributed by atoms with van der Waals surface area (Å²) in [7, 11) is 0. The average molecular weight is 420 g/mol. The number of rotatable bonds is 5. The highest BCUT2D eigenvalue weighted by atomic mass is 32.1. The van der Waals surface area contributed by atoms with Gasteiger partial charge in [-0.05, 0) is 43.0 Å². The molecule has 0 atom stereocenters. The van der Waals surface area contributed by atoms with Crippen molar-refractivity contribution in [3.05, 3.63) is 63.7 Å². The third-order valence-corrected chi connectivity index (χ3v) is 6.09. The minimum Gasteiger partial charge on any atom is -0.366 e. The molecule has 0 unspecified atom stereocenters. The van der Waals surface area contributed by atoms with Crippen molar-refractivity contribution in [1.29, 1.82) is 0 Å². The topological polar surface area (TPSA) is 110 Å². The van der Waals surface area contributed by atoms with Gasteiger partial charge >= 0.3 is 0 Å². The first-order valence-electron chi connectivity index (χ1n) is 9.83. The van der Waals surface area contributed by atoms with Crippen LogP contribution in [0, 0.1) is 0 Å². The summed E-state index contributed by atoms with van der Waals surface area (Å²) in [5, 5.41) is 9.00. The van der Waals surface area contributed by atoms with Crippen LogP contribution in [0.2, 0.25) is 0 Å². The van der Waals surface area contributed by atoms with Gasteiger partial charge in [-0.2, -0.15) is 0 Å². The molecule has 0 aliphatic carbocycles. The maximum Gasteiger partial charge on any atom is 0.250 e. The Balaban J connectivity index is 1.61. The zero-order valence-corrected chi connectivity index (χ0v) is 17.1. The van der Waals surface area contributed by atoms with E-state index in [9.17, 15) is 4.79 Å². The van der Waals surface area contributed by atoms with E-state index < -0.39 is 5.91 Å². The number of imidazole rings is 1. The number of hydrogen-bond donors (Lipinski definition) is 3. The van der Waals surface area contributed by atoms with E-state index in [-0.39, 0.29) is 0 Å². The van der Waals surface area contributed by atoms with Gasteiger partial charge in [0.2, 0.25) is 0 Å². The number of fused-ring (bicyclic) bond motifs is 2. The second-order valence-electron chi connectivity index (χ2n) is 7.16. The Morgan fingerprint density at radius 1 is 1.30 bits per heavy atom. The third kappa shape index (κ3) is 3.42. The molecule has 8 nitrogen and oxygen atoms in total. The molecule has 0 saturated heterocycles. The number of carbonyl (C=O) groups is 1. The van der Waals surface area contributed by atoms with Crippen LogP contribution in [0.25, 0.3) is 17.2 Å². The Kier molecular flexibility index (Phi) is 4.89. The molecule has 1 amide bonds. The largest absolute Gasteiger partial charge is 0.366 e. The second kappa shape index (κ2) is 7.85. The van der Waals surface area contributed by atoms with Crippen molar-refractivity contribution in [3.8, 4) is 11.6 Å². The molecule has 0 aromatic carbocycles. The molecule has 4 aromatic rings. The highest BCUT2D eigenvalue weighted by Crippen LogP contribution is 2.26. The number of carbonyl (C=O) groups excluding carboxylic acids is 1. The van der Waals surface area contributed by atoms with Crippen LogP contribution in [0.4, 0.5) is 5.82 Å². The molecule has 0 spiro atoms. The van der Waals surface area contributed by atoms with Crippen molar-refractivity contribution >= 4 is 28.6 Å². The van der Waals surface area contributed by atoms with E-state index >= 15 is 0 Å². The summed E-state index contributed by atoms with van der Waals surface area (Å²) < 4.78 is 1.81. The summed E-state index contributed by atoms with van der Waals surface area (Å²) in [5.41, 5.74) is 8.71. The predicted molar refractivity (Wildman–Crippen MR) is 116 cm³/mol. The Morgan fingerprint density at radius 3 is 3.07 bits per heavy atom. The number of thiophene rings is 1. The van der Waals surface area contributed by atoms with E-state index in [2.05, 4.69) is 27.1 Å². The number of nitrogens with two attached hydrogens (primary N) is 1. The van der Waals surface area contributed by atoms with Crippen LogP contribution in [0.15, 0.2) is 42.0 Å². The maximum atomic E-state index is 11.8. The van der Waals surface area contributed by atoms with Gasteiger partial charge in [-0.25, -0.2) is 15.0 Å². The van der Waals surface area contributed by atoms with Gasteiger partial charge in [-0.3, -0.25) is 9.20 Å². The van der Waals surface area contributed by atoms with Gasteiger partial charge < -0.3 is 16.4 Å². The molecule has 0 fully saturated rings. The Bertz CT molecular complexity index is 1220. The number of nitrogens with one attached hydrogen (secondary N) is 2. The SMILES string of the molecule is NC(=O)c1cccn2c(-c3nc4c(c(NCc5cccs5)n3)CCCNC4)ncc12. The van der Waals surface area contributed by atoms with Crippen LogP contribution in [0.1, 0.15) is 32.9 Å². The molecule has 1 aliphatic rings. The van der Waals surface area contributed by atoms with E-state index in [1.807, 2.05) is 16.7 Å². The molecule has 5 rings (SSSR count). The molecule has 0 saturated carbocycles. The number of aromatic nitrogens is 4. The Hall–Kier alpha value is -3.30. The molecular formula is C21H21N7OS. The van der Waals surface area contributed by atoms with Gasteiger partial charge in [0.05, 0.1) is 29.5 Å². The highest BCUT2D eigenvalue weighted by Gasteiger charge is 2.20. The zero-order chi connectivity index (χ0) is 20.5. The number of nitrogens with zero attached hydrogens (tertiary/aromatic N) is 4. The molecule has 5 heterocycles. The van der Waals surface area contributed by atoms with Gasteiger partial charge in [0.1, 0.15) is 5.82 Å². The maximum absolute atomic E-state index is 11.8. The first kappa shape index (κ1) is 18.7. The molecule has 4 aromatic heterocycles. The van der Waals surface area contributed by atoms with Crippen molar-refractivity contribution < 1.29 is 4.79 Å². The lowest BCUT2D eigenvalue weighted by molar-refractivity contribution is 0.100. The molecule has 152 valence electrons. The van der Waals surface area contributed by atoms with E-state index in [4.69, 9.17) is 15.7 Å². The van der Waals surface area contributed by atoms with Crippen LogP contribution in [0.3, 0.4) is 0 Å².